The van der Waals surface area contributed by atoms with Gasteiger partial charge in [-0.15, -0.1) is 0 Å². The summed E-state index contributed by atoms with van der Waals surface area (Å²) in [6.45, 7) is 0.970. The molecule has 21 heavy (non-hydrogen) atoms. The Morgan fingerprint density at radius 1 is 1.29 bits per heavy atom. The summed E-state index contributed by atoms with van der Waals surface area (Å²) in [6.07, 6.45) is 6.30. The number of phenolic OH excluding ortho intramolecular Hbond substituents is 1. The van der Waals surface area contributed by atoms with Gasteiger partial charge in [-0.3, -0.25) is 9.69 Å². The summed E-state index contributed by atoms with van der Waals surface area (Å²) < 4.78 is 0. The molecule has 2 N–H and O–H groups in total. The van der Waals surface area contributed by atoms with Crippen molar-refractivity contribution < 1.29 is 9.90 Å². The van der Waals surface area contributed by atoms with E-state index in [9.17, 15) is 9.90 Å². The lowest BCUT2D eigenvalue weighted by Crippen LogP contribution is -2.50. The molecule has 1 amide bonds. The number of phenols is 1. The number of carbonyl (C=O) groups excluding carboxylic acids is 1. The molecule has 3 rings (SSSR count). The summed E-state index contributed by atoms with van der Waals surface area (Å²) in [4.78, 5) is 14.6. The lowest BCUT2D eigenvalue weighted by molar-refractivity contribution is -0.128. The average molecular weight is 288 g/mol. The molecule has 4 heteroatoms. The van der Waals surface area contributed by atoms with E-state index in [4.69, 9.17) is 0 Å². The van der Waals surface area contributed by atoms with E-state index in [1.54, 1.807) is 13.1 Å². The zero-order valence-corrected chi connectivity index (χ0v) is 12.6. The number of carbonyl (C=O) groups is 1. The topological polar surface area (TPSA) is 52.6 Å². The maximum Gasteiger partial charge on any atom is 0.237 e. The van der Waals surface area contributed by atoms with Crippen LogP contribution in [0.5, 0.6) is 5.75 Å². The van der Waals surface area contributed by atoms with Gasteiger partial charge in [-0.2, -0.15) is 0 Å². The molecule has 1 saturated heterocycles. The summed E-state index contributed by atoms with van der Waals surface area (Å²) in [6, 6.07) is 6.05. The third-order valence-electron chi connectivity index (χ3n) is 4.94. The predicted molar refractivity (Wildman–Crippen MR) is 82.2 cm³/mol. The highest BCUT2D eigenvalue weighted by atomic mass is 16.3. The monoisotopic (exact) mass is 288 g/mol. The number of nitrogens with one attached hydrogen (secondary N) is 1. The van der Waals surface area contributed by atoms with E-state index in [2.05, 4.69) is 16.3 Å². The van der Waals surface area contributed by atoms with Crippen LogP contribution in [0.1, 0.15) is 49.3 Å². The fourth-order valence-corrected chi connectivity index (χ4v) is 3.92. The first kappa shape index (κ1) is 14.4. The van der Waals surface area contributed by atoms with Gasteiger partial charge in [-0.05, 0) is 55.8 Å². The summed E-state index contributed by atoms with van der Waals surface area (Å²) in [5.41, 5.74) is 2.30. The smallest absolute Gasteiger partial charge is 0.237 e. The van der Waals surface area contributed by atoms with Crippen LogP contribution in [0.25, 0.3) is 0 Å². The van der Waals surface area contributed by atoms with Gasteiger partial charge in [0.25, 0.3) is 0 Å². The van der Waals surface area contributed by atoms with Gasteiger partial charge in [0, 0.05) is 13.1 Å². The van der Waals surface area contributed by atoms with Crippen LogP contribution in [0.4, 0.5) is 0 Å². The van der Waals surface area contributed by atoms with Crippen molar-refractivity contribution in [3.63, 3.8) is 0 Å². The second kappa shape index (κ2) is 6.06. The summed E-state index contributed by atoms with van der Waals surface area (Å²) >= 11 is 0. The molecular formula is C17H24N2O2. The Balaban J connectivity index is 1.93. The van der Waals surface area contributed by atoms with Crippen LogP contribution in [0.15, 0.2) is 18.2 Å². The molecule has 0 spiro atoms. The molecular weight excluding hydrogens is 264 g/mol. The molecule has 1 aromatic carbocycles. The Kier molecular flexibility index (Phi) is 4.15. The van der Waals surface area contributed by atoms with Crippen LogP contribution in [0, 0.1) is 0 Å². The molecule has 0 saturated carbocycles. The van der Waals surface area contributed by atoms with Gasteiger partial charge in [0.2, 0.25) is 5.91 Å². The van der Waals surface area contributed by atoms with E-state index in [0.29, 0.717) is 5.75 Å². The standard InChI is InChI=1S/C17H24N2O2/c1-18-17(21)15-8-2-3-11-19(15)14-9-4-7-13-12(14)6-5-10-16(13)20/h5-6,10,14-15,20H,2-4,7-9,11H2,1H3,(H,18,21). The predicted octanol–water partition coefficient (Wildman–Crippen LogP) is 2.37. The molecule has 0 bridgehead atoms. The molecule has 0 aromatic heterocycles. The Labute approximate surface area is 126 Å². The number of likely N-dealkylation sites (tertiary alicyclic amines) is 1. The molecule has 2 atom stereocenters. The first-order valence-corrected chi connectivity index (χ1v) is 8.00. The molecule has 1 heterocycles. The van der Waals surface area contributed by atoms with Crippen LogP contribution >= 0.6 is 0 Å². The fraction of sp³-hybridized carbons (Fsp3) is 0.588. The highest BCUT2D eigenvalue weighted by molar-refractivity contribution is 5.81. The summed E-state index contributed by atoms with van der Waals surface area (Å²) in [5, 5.41) is 12.9. The minimum absolute atomic E-state index is 0.0259. The van der Waals surface area contributed by atoms with Gasteiger partial charge < -0.3 is 10.4 Å². The van der Waals surface area contributed by atoms with Crippen molar-refractivity contribution in [2.75, 3.05) is 13.6 Å². The molecule has 1 aliphatic carbocycles. The van der Waals surface area contributed by atoms with Crippen LogP contribution < -0.4 is 5.32 Å². The Morgan fingerprint density at radius 2 is 2.14 bits per heavy atom. The Hall–Kier alpha value is -1.55. The quantitative estimate of drug-likeness (QED) is 0.878. The van der Waals surface area contributed by atoms with Crippen molar-refractivity contribution in [2.24, 2.45) is 0 Å². The Morgan fingerprint density at radius 3 is 2.95 bits per heavy atom. The second-order valence-corrected chi connectivity index (χ2v) is 6.12. The van der Waals surface area contributed by atoms with Gasteiger partial charge in [0.1, 0.15) is 5.75 Å². The van der Waals surface area contributed by atoms with E-state index >= 15 is 0 Å². The van der Waals surface area contributed by atoms with Gasteiger partial charge in [0.05, 0.1) is 6.04 Å². The van der Waals surface area contributed by atoms with Crippen molar-refractivity contribution >= 4 is 5.91 Å². The SMILES string of the molecule is CNC(=O)C1CCCCN1C1CCCc2c(O)cccc21. The van der Waals surface area contributed by atoms with Gasteiger partial charge >= 0.3 is 0 Å². The van der Waals surface area contributed by atoms with E-state index in [1.807, 2.05) is 6.07 Å². The number of hydrogen-bond donors (Lipinski definition) is 2. The van der Waals surface area contributed by atoms with E-state index < -0.39 is 0 Å². The number of piperidine rings is 1. The van der Waals surface area contributed by atoms with Crippen molar-refractivity contribution in [1.29, 1.82) is 0 Å². The molecule has 2 aliphatic rings. The van der Waals surface area contributed by atoms with Crippen molar-refractivity contribution in [2.45, 2.75) is 50.6 Å². The summed E-state index contributed by atoms with van der Waals surface area (Å²) in [7, 11) is 1.72. The maximum atomic E-state index is 12.2. The lowest BCUT2D eigenvalue weighted by Gasteiger charge is -2.42. The van der Waals surface area contributed by atoms with E-state index in [-0.39, 0.29) is 18.0 Å². The second-order valence-electron chi connectivity index (χ2n) is 6.12. The first-order chi connectivity index (χ1) is 10.2. The zero-order chi connectivity index (χ0) is 14.8. The highest BCUT2D eigenvalue weighted by Gasteiger charge is 2.36. The fourth-order valence-electron chi connectivity index (χ4n) is 3.92. The van der Waals surface area contributed by atoms with Gasteiger partial charge in [0.15, 0.2) is 0 Å². The van der Waals surface area contributed by atoms with E-state index in [0.717, 1.165) is 50.6 Å². The maximum absolute atomic E-state index is 12.2. The number of fused-ring (bicyclic) bond motifs is 1. The molecule has 1 fully saturated rings. The van der Waals surface area contributed by atoms with Crippen molar-refractivity contribution in [3.8, 4) is 5.75 Å². The number of likely N-dealkylation sites (N-methyl/N-ethyl adjacent to an activating group) is 1. The normalized spacial score (nSPS) is 26.1. The average Bonchev–Trinajstić information content (AvgIpc) is 2.54. The van der Waals surface area contributed by atoms with Crippen LogP contribution in [0.2, 0.25) is 0 Å². The Bertz CT molecular complexity index is 530. The number of benzene rings is 1. The van der Waals surface area contributed by atoms with E-state index in [1.165, 1.54) is 5.56 Å². The molecule has 2 unspecified atom stereocenters. The molecule has 4 nitrogen and oxygen atoms in total. The molecule has 114 valence electrons. The van der Waals surface area contributed by atoms with Crippen molar-refractivity contribution in [1.82, 2.24) is 10.2 Å². The largest absolute Gasteiger partial charge is 0.508 e. The van der Waals surface area contributed by atoms with Gasteiger partial charge in [-0.1, -0.05) is 18.6 Å². The minimum atomic E-state index is -0.0259. The van der Waals surface area contributed by atoms with Crippen LogP contribution in [-0.2, 0) is 11.2 Å². The highest BCUT2D eigenvalue weighted by Crippen LogP contribution is 2.40. The number of nitrogens with zero attached hydrogens (tertiary/aromatic N) is 1. The molecule has 0 radical (unpaired) electrons. The van der Waals surface area contributed by atoms with Gasteiger partial charge in [-0.25, -0.2) is 0 Å². The summed E-state index contributed by atoms with van der Waals surface area (Å²) in [5.74, 6) is 0.535. The lowest BCUT2D eigenvalue weighted by atomic mass is 9.84. The minimum Gasteiger partial charge on any atom is -0.508 e. The number of amides is 1. The number of aromatic hydroxyl groups is 1. The first-order valence-electron chi connectivity index (χ1n) is 8.00. The number of hydrogen-bond acceptors (Lipinski definition) is 3. The van der Waals surface area contributed by atoms with Crippen molar-refractivity contribution in [3.05, 3.63) is 29.3 Å². The third kappa shape index (κ3) is 2.64. The third-order valence-corrected chi connectivity index (χ3v) is 4.94. The van der Waals surface area contributed by atoms with Crippen LogP contribution in [-0.4, -0.2) is 35.5 Å². The van der Waals surface area contributed by atoms with Crippen LogP contribution in [0.3, 0.4) is 0 Å². The molecule has 1 aromatic rings. The zero-order valence-electron chi connectivity index (χ0n) is 12.6. The number of rotatable bonds is 2. The molecule has 1 aliphatic heterocycles.